The van der Waals surface area contributed by atoms with Crippen LogP contribution in [0.4, 0.5) is 0 Å². The molecule has 2 N–H and O–H groups in total. The van der Waals surface area contributed by atoms with Crippen molar-refractivity contribution in [3.05, 3.63) is 63.6 Å². The molecule has 0 aromatic heterocycles. The monoisotopic (exact) mass is 418 g/mol. The van der Waals surface area contributed by atoms with Crippen LogP contribution in [0.15, 0.2) is 46.9 Å². The quantitative estimate of drug-likeness (QED) is 0.703. The highest BCUT2D eigenvalue weighted by atomic mass is 79.9. The molecule has 5 nitrogen and oxygen atoms in total. The van der Waals surface area contributed by atoms with Gasteiger partial charge in [0.15, 0.2) is 6.10 Å². The minimum atomic E-state index is -0.733. The minimum absolute atomic E-state index is 0.245. The van der Waals surface area contributed by atoms with Crippen LogP contribution < -0.4 is 15.6 Å². The topological polar surface area (TPSA) is 67.4 Å². The predicted molar refractivity (Wildman–Crippen MR) is 105 cm³/mol. The van der Waals surface area contributed by atoms with Gasteiger partial charge in [-0.15, -0.1) is 0 Å². The van der Waals surface area contributed by atoms with Crippen LogP contribution in [0.3, 0.4) is 0 Å². The number of carbonyl (C=O) groups excluding carboxylic acids is 2. The molecule has 138 valence electrons. The highest BCUT2D eigenvalue weighted by Crippen LogP contribution is 2.28. The number of ether oxygens (including phenoxy) is 1. The van der Waals surface area contributed by atoms with Gasteiger partial charge in [-0.25, -0.2) is 0 Å². The number of benzene rings is 2. The summed E-state index contributed by atoms with van der Waals surface area (Å²) in [6.07, 6.45) is 0.180. The van der Waals surface area contributed by atoms with Gasteiger partial charge in [-0.2, -0.15) is 0 Å². The molecule has 0 saturated carbocycles. The van der Waals surface area contributed by atoms with E-state index in [2.05, 4.69) is 26.8 Å². The highest BCUT2D eigenvalue weighted by Gasteiger charge is 2.17. The normalized spacial score (nSPS) is 11.5. The number of hydrogen-bond donors (Lipinski definition) is 2. The van der Waals surface area contributed by atoms with Gasteiger partial charge in [0.25, 0.3) is 5.91 Å². The molecule has 1 atom stereocenters. The molecule has 2 aromatic carbocycles. The fourth-order valence-electron chi connectivity index (χ4n) is 2.51. The zero-order valence-electron chi connectivity index (χ0n) is 15.1. The summed E-state index contributed by atoms with van der Waals surface area (Å²) >= 11 is 3.43. The number of rotatable bonds is 6. The molecule has 0 bridgehead atoms. The first-order chi connectivity index (χ1) is 12.4. The standard InChI is InChI=1S/C20H23BrN2O3/c1-13-11-17(21)12-14(2)19(13)26-15(3)20(25)23-22-18(24)10-9-16-7-5-4-6-8-16/h4-8,11-12,15H,9-10H2,1-3H3,(H,22,24)(H,23,25). The average Bonchev–Trinajstić information content (AvgIpc) is 2.61. The summed E-state index contributed by atoms with van der Waals surface area (Å²) < 4.78 is 6.73. The molecule has 2 amide bonds. The maximum Gasteiger partial charge on any atom is 0.279 e. The zero-order chi connectivity index (χ0) is 19.1. The highest BCUT2D eigenvalue weighted by molar-refractivity contribution is 9.10. The van der Waals surface area contributed by atoms with Crippen LogP contribution in [0.2, 0.25) is 0 Å². The molecule has 0 radical (unpaired) electrons. The van der Waals surface area contributed by atoms with E-state index in [0.717, 1.165) is 21.2 Å². The lowest BCUT2D eigenvalue weighted by Gasteiger charge is -2.18. The van der Waals surface area contributed by atoms with Gasteiger partial charge in [-0.05, 0) is 56.0 Å². The van der Waals surface area contributed by atoms with E-state index in [0.29, 0.717) is 18.6 Å². The lowest BCUT2D eigenvalue weighted by molar-refractivity contribution is -0.132. The average molecular weight is 419 g/mol. The Labute approximate surface area is 162 Å². The summed E-state index contributed by atoms with van der Waals surface area (Å²) in [7, 11) is 0. The van der Waals surface area contributed by atoms with Crippen molar-refractivity contribution in [3.63, 3.8) is 0 Å². The van der Waals surface area contributed by atoms with E-state index in [-0.39, 0.29) is 5.91 Å². The van der Waals surface area contributed by atoms with Crippen LogP contribution in [0.1, 0.15) is 30.0 Å². The summed E-state index contributed by atoms with van der Waals surface area (Å²) in [5.74, 6) is 0.0245. The summed E-state index contributed by atoms with van der Waals surface area (Å²) in [6.45, 7) is 5.48. The first kappa shape index (κ1) is 20.0. The van der Waals surface area contributed by atoms with Crippen LogP contribution in [-0.2, 0) is 16.0 Å². The van der Waals surface area contributed by atoms with Gasteiger partial charge in [0.05, 0.1) is 0 Å². The van der Waals surface area contributed by atoms with Crippen molar-refractivity contribution in [2.45, 2.75) is 39.7 Å². The van der Waals surface area contributed by atoms with Crippen LogP contribution in [0, 0.1) is 13.8 Å². The third kappa shape index (κ3) is 5.88. The number of hydrogen-bond acceptors (Lipinski definition) is 3. The Morgan fingerprint density at radius 1 is 1.08 bits per heavy atom. The Hall–Kier alpha value is -2.34. The number of halogens is 1. The molecule has 2 rings (SSSR count). The van der Waals surface area contributed by atoms with E-state index < -0.39 is 12.0 Å². The Morgan fingerprint density at radius 2 is 1.69 bits per heavy atom. The smallest absolute Gasteiger partial charge is 0.279 e. The van der Waals surface area contributed by atoms with Crippen molar-refractivity contribution < 1.29 is 14.3 Å². The molecular weight excluding hydrogens is 396 g/mol. The van der Waals surface area contributed by atoms with Gasteiger partial charge in [0, 0.05) is 10.9 Å². The SMILES string of the molecule is Cc1cc(Br)cc(C)c1OC(C)C(=O)NNC(=O)CCc1ccccc1. The Balaban J connectivity index is 1.81. The molecule has 0 spiro atoms. The van der Waals surface area contributed by atoms with E-state index in [1.165, 1.54) is 0 Å². The first-order valence-electron chi connectivity index (χ1n) is 8.43. The third-order valence-electron chi connectivity index (χ3n) is 3.90. The zero-order valence-corrected chi connectivity index (χ0v) is 16.7. The Morgan fingerprint density at radius 3 is 2.31 bits per heavy atom. The molecule has 26 heavy (non-hydrogen) atoms. The van der Waals surface area contributed by atoms with Crippen molar-refractivity contribution in [2.24, 2.45) is 0 Å². The van der Waals surface area contributed by atoms with Crippen LogP contribution in [-0.4, -0.2) is 17.9 Å². The largest absolute Gasteiger partial charge is 0.480 e. The number of aryl methyl sites for hydroxylation is 3. The fourth-order valence-corrected chi connectivity index (χ4v) is 3.20. The van der Waals surface area contributed by atoms with Crippen LogP contribution in [0.5, 0.6) is 5.75 Å². The summed E-state index contributed by atoms with van der Waals surface area (Å²) in [4.78, 5) is 24.0. The van der Waals surface area contributed by atoms with E-state index in [9.17, 15) is 9.59 Å². The maximum absolute atomic E-state index is 12.2. The van der Waals surface area contributed by atoms with Crippen molar-refractivity contribution in [3.8, 4) is 5.75 Å². The third-order valence-corrected chi connectivity index (χ3v) is 4.36. The summed E-state index contributed by atoms with van der Waals surface area (Å²) in [5, 5.41) is 0. The number of hydrazine groups is 1. The molecular formula is C20H23BrN2O3. The van der Waals surface area contributed by atoms with E-state index >= 15 is 0 Å². The van der Waals surface area contributed by atoms with Crippen LogP contribution in [0.25, 0.3) is 0 Å². The van der Waals surface area contributed by atoms with Crippen LogP contribution >= 0.6 is 15.9 Å². The molecule has 0 aliphatic rings. The molecule has 0 saturated heterocycles. The molecule has 1 unspecified atom stereocenters. The van der Waals surface area contributed by atoms with Gasteiger partial charge in [-0.1, -0.05) is 46.3 Å². The van der Waals surface area contributed by atoms with Gasteiger partial charge >= 0.3 is 0 Å². The van der Waals surface area contributed by atoms with Crippen molar-refractivity contribution in [1.82, 2.24) is 10.9 Å². The molecule has 0 heterocycles. The second kappa shape index (κ2) is 9.38. The maximum atomic E-state index is 12.2. The second-order valence-electron chi connectivity index (χ2n) is 6.15. The molecule has 2 aromatic rings. The van der Waals surface area contributed by atoms with E-state index in [1.54, 1.807) is 6.92 Å². The number of nitrogens with one attached hydrogen (secondary N) is 2. The Kier molecular flexibility index (Phi) is 7.21. The lowest BCUT2D eigenvalue weighted by atomic mass is 10.1. The first-order valence-corrected chi connectivity index (χ1v) is 9.22. The lowest BCUT2D eigenvalue weighted by Crippen LogP contribution is -2.47. The van der Waals surface area contributed by atoms with Crippen molar-refractivity contribution in [2.75, 3.05) is 0 Å². The van der Waals surface area contributed by atoms with Gasteiger partial charge < -0.3 is 4.74 Å². The van der Waals surface area contributed by atoms with Gasteiger partial charge in [-0.3, -0.25) is 20.4 Å². The van der Waals surface area contributed by atoms with Gasteiger partial charge in [0.2, 0.25) is 5.91 Å². The predicted octanol–water partition coefficient (Wildman–Crippen LogP) is 3.61. The number of amides is 2. The summed E-state index contributed by atoms with van der Waals surface area (Å²) in [6, 6.07) is 13.6. The van der Waals surface area contributed by atoms with Gasteiger partial charge in [0.1, 0.15) is 5.75 Å². The fraction of sp³-hybridized carbons (Fsp3) is 0.300. The summed E-state index contributed by atoms with van der Waals surface area (Å²) in [5.41, 5.74) is 7.79. The molecule has 6 heteroatoms. The molecule has 0 aliphatic carbocycles. The van der Waals surface area contributed by atoms with E-state index in [1.807, 2.05) is 56.3 Å². The van der Waals surface area contributed by atoms with Crippen molar-refractivity contribution >= 4 is 27.7 Å². The Bertz CT molecular complexity index is 755. The molecule has 0 fully saturated rings. The minimum Gasteiger partial charge on any atom is -0.480 e. The second-order valence-corrected chi connectivity index (χ2v) is 7.07. The molecule has 0 aliphatic heterocycles. The van der Waals surface area contributed by atoms with E-state index in [4.69, 9.17) is 4.74 Å². The van der Waals surface area contributed by atoms with Crippen molar-refractivity contribution in [1.29, 1.82) is 0 Å². The number of carbonyl (C=O) groups is 2.